The third-order valence-electron chi connectivity index (χ3n) is 3.69. The van der Waals surface area contributed by atoms with Crippen molar-refractivity contribution >= 4 is 5.97 Å². The molecule has 0 aliphatic carbocycles. The highest BCUT2D eigenvalue weighted by molar-refractivity contribution is 5.88. The first-order chi connectivity index (χ1) is 9.10. The molecule has 2 atom stereocenters. The summed E-state index contributed by atoms with van der Waals surface area (Å²) in [6.07, 6.45) is 2.60. The van der Waals surface area contributed by atoms with Crippen molar-refractivity contribution in [2.45, 2.75) is 25.9 Å². The first-order valence-electron chi connectivity index (χ1n) is 6.61. The Kier molecular flexibility index (Phi) is 4.50. The number of pyridine rings is 1. The predicted octanol–water partition coefficient (Wildman–Crippen LogP) is 1.04. The van der Waals surface area contributed by atoms with Gasteiger partial charge in [-0.25, -0.2) is 4.79 Å². The van der Waals surface area contributed by atoms with Gasteiger partial charge in [0.2, 0.25) is 0 Å². The molecule has 5 heteroatoms. The van der Waals surface area contributed by atoms with Crippen molar-refractivity contribution in [2.24, 2.45) is 11.7 Å². The van der Waals surface area contributed by atoms with Gasteiger partial charge in [-0.1, -0.05) is 6.92 Å². The van der Waals surface area contributed by atoms with E-state index in [1.165, 1.54) is 7.11 Å². The van der Waals surface area contributed by atoms with E-state index in [2.05, 4.69) is 21.5 Å². The van der Waals surface area contributed by atoms with Crippen molar-refractivity contribution in [3.63, 3.8) is 0 Å². The Labute approximate surface area is 113 Å². The summed E-state index contributed by atoms with van der Waals surface area (Å²) >= 11 is 0. The Hall–Kier alpha value is -1.46. The molecule has 1 saturated heterocycles. The van der Waals surface area contributed by atoms with E-state index in [4.69, 9.17) is 5.73 Å². The number of hydrogen-bond acceptors (Lipinski definition) is 5. The van der Waals surface area contributed by atoms with Crippen molar-refractivity contribution in [3.8, 4) is 0 Å². The van der Waals surface area contributed by atoms with Crippen molar-refractivity contribution < 1.29 is 9.53 Å². The number of methoxy groups -OCH3 is 1. The van der Waals surface area contributed by atoms with Gasteiger partial charge in [-0.2, -0.15) is 0 Å². The van der Waals surface area contributed by atoms with Gasteiger partial charge in [-0.05, 0) is 24.5 Å². The molecule has 1 aromatic heterocycles. The number of carbonyl (C=O) groups excluding carboxylic acids is 1. The smallest absolute Gasteiger partial charge is 0.339 e. The van der Waals surface area contributed by atoms with E-state index < -0.39 is 0 Å². The lowest BCUT2D eigenvalue weighted by atomic mass is 9.95. The highest BCUT2D eigenvalue weighted by Gasteiger charge is 2.23. The van der Waals surface area contributed by atoms with Crippen LogP contribution >= 0.6 is 0 Å². The van der Waals surface area contributed by atoms with Crippen LogP contribution in [0, 0.1) is 5.92 Å². The van der Waals surface area contributed by atoms with Crippen LogP contribution in [0.15, 0.2) is 18.3 Å². The molecular weight excluding hydrogens is 242 g/mol. The molecule has 5 nitrogen and oxygen atoms in total. The third kappa shape index (κ3) is 3.52. The van der Waals surface area contributed by atoms with Crippen LogP contribution in [0.3, 0.4) is 0 Å². The molecule has 0 amide bonds. The number of hydrogen-bond donors (Lipinski definition) is 1. The molecule has 2 N–H and O–H groups in total. The van der Waals surface area contributed by atoms with Crippen LogP contribution in [-0.4, -0.2) is 42.1 Å². The van der Waals surface area contributed by atoms with E-state index in [0.29, 0.717) is 17.5 Å². The molecule has 1 aliphatic rings. The Morgan fingerprint density at radius 1 is 1.58 bits per heavy atom. The van der Waals surface area contributed by atoms with Crippen molar-refractivity contribution in [3.05, 3.63) is 29.6 Å². The molecule has 0 aromatic carbocycles. The van der Waals surface area contributed by atoms with Gasteiger partial charge in [-0.3, -0.25) is 9.88 Å². The van der Waals surface area contributed by atoms with Gasteiger partial charge >= 0.3 is 5.97 Å². The fourth-order valence-electron chi connectivity index (χ4n) is 2.38. The Morgan fingerprint density at radius 2 is 2.37 bits per heavy atom. The fourth-order valence-corrected chi connectivity index (χ4v) is 2.38. The summed E-state index contributed by atoms with van der Waals surface area (Å²) in [4.78, 5) is 18.0. The largest absolute Gasteiger partial charge is 0.465 e. The molecule has 1 aliphatic heterocycles. The minimum Gasteiger partial charge on any atom is -0.465 e. The molecule has 1 fully saturated rings. The van der Waals surface area contributed by atoms with E-state index >= 15 is 0 Å². The highest BCUT2D eigenvalue weighted by Crippen LogP contribution is 2.16. The van der Waals surface area contributed by atoms with Crippen LogP contribution in [0.25, 0.3) is 0 Å². The first kappa shape index (κ1) is 14.0. The maximum atomic E-state index is 11.3. The normalized spacial score (nSPS) is 24.2. The number of esters is 1. The summed E-state index contributed by atoms with van der Waals surface area (Å²) in [7, 11) is 1.37. The van der Waals surface area contributed by atoms with Gasteiger partial charge in [0.15, 0.2) is 0 Å². The van der Waals surface area contributed by atoms with Gasteiger partial charge < -0.3 is 10.5 Å². The van der Waals surface area contributed by atoms with Crippen LogP contribution in [0.5, 0.6) is 0 Å². The van der Waals surface area contributed by atoms with Crippen molar-refractivity contribution in [2.75, 3.05) is 20.2 Å². The molecule has 2 unspecified atom stereocenters. The van der Waals surface area contributed by atoms with Crippen LogP contribution < -0.4 is 5.73 Å². The number of aromatic nitrogens is 1. The highest BCUT2D eigenvalue weighted by atomic mass is 16.5. The van der Waals surface area contributed by atoms with E-state index in [-0.39, 0.29) is 5.97 Å². The standard InChI is InChI=1S/C14H21N3O2/c1-10-8-17(6-5-13(10)15)9-12-4-3-11(7-16-12)14(18)19-2/h3-4,7,10,13H,5-6,8-9,15H2,1-2H3. The van der Waals surface area contributed by atoms with Crippen molar-refractivity contribution in [1.82, 2.24) is 9.88 Å². The number of piperidine rings is 1. The number of likely N-dealkylation sites (tertiary alicyclic amines) is 1. The monoisotopic (exact) mass is 263 g/mol. The quantitative estimate of drug-likeness (QED) is 0.825. The number of nitrogens with zero attached hydrogens (tertiary/aromatic N) is 2. The topological polar surface area (TPSA) is 68.5 Å². The lowest BCUT2D eigenvalue weighted by Gasteiger charge is -2.34. The Balaban J connectivity index is 1.94. The molecule has 0 spiro atoms. The van der Waals surface area contributed by atoms with E-state index in [0.717, 1.165) is 31.7 Å². The van der Waals surface area contributed by atoms with Crippen LogP contribution in [0.1, 0.15) is 29.4 Å². The second kappa shape index (κ2) is 6.12. The van der Waals surface area contributed by atoms with Gasteiger partial charge in [0.05, 0.1) is 18.4 Å². The molecule has 19 heavy (non-hydrogen) atoms. The van der Waals surface area contributed by atoms with E-state index in [9.17, 15) is 4.79 Å². The lowest BCUT2D eigenvalue weighted by molar-refractivity contribution is 0.0600. The summed E-state index contributed by atoms with van der Waals surface area (Å²) in [5, 5.41) is 0. The summed E-state index contributed by atoms with van der Waals surface area (Å²) in [5.41, 5.74) is 7.46. The average molecular weight is 263 g/mol. The molecule has 0 saturated carbocycles. The molecule has 0 bridgehead atoms. The second-order valence-corrected chi connectivity index (χ2v) is 5.19. The van der Waals surface area contributed by atoms with Gasteiger partial charge in [0, 0.05) is 31.9 Å². The summed E-state index contributed by atoms with van der Waals surface area (Å²) < 4.78 is 4.65. The second-order valence-electron chi connectivity index (χ2n) is 5.19. The molecule has 2 rings (SSSR count). The zero-order valence-corrected chi connectivity index (χ0v) is 11.5. The fraction of sp³-hybridized carbons (Fsp3) is 0.571. The molecule has 104 valence electrons. The predicted molar refractivity (Wildman–Crippen MR) is 72.6 cm³/mol. The maximum Gasteiger partial charge on any atom is 0.339 e. The van der Waals surface area contributed by atoms with Gasteiger partial charge in [0.25, 0.3) is 0 Å². The molecular formula is C14H21N3O2. The van der Waals surface area contributed by atoms with Crippen LogP contribution in [-0.2, 0) is 11.3 Å². The van der Waals surface area contributed by atoms with Crippen molar-refractivity contribution in [1.29, 1.82) is 0 Å². The van der Waals surface area contributed by atoms with E-state index in [1.807, 2.05) is 6.07 Å². The zero-order chi connectivity index (χ0) is 13.8. The first-order valence-corrected chi connectivity index (χ1v) is 6.61. The Bertz CT molecular complexity index is 433. The molecule has 2 heterocycles. The number of rotatable bonds is 3. The van der Waals surface area contributed by atoms with Crippen LogP contribution in [0.2, 0.25) is 0 Å². The number of nitrogens with two attached hydrogens (primary N) is 1. The average Bonchev–Trinajstić information content (AvgIpc) is 2.43. The number of carbonyl (C=O) groups is 1. The summed E-state index contributed by atoms with van der Waals surface area (Å²) in [6, 6.07) is 3.95. The molecule has 1 aromatic rings. The SMILES string of the molecule is COC(=O)c1ccc(CN2CCC(N)C(C)C2)nc1. The zero-order valence-electron chi connectivity index (χ0n) is 11.5. The Morgan fingerprint density at radius 3 is 2.95 bits per heavy atom. The minimum absolute atomic E-state index is 0.311. The van der Waals surface area contributed by atoms with Gasteiger partial charge in [-0.15, -0.1) is 0 Å². The summed E-state index contributed by atoms with van der Waals surface area (Å²) in [6.45, 7) is 5.00. The van der Waals surface area contributed by atoms with Gasteiger partial charge in [0.1, 0.15) is 0 Å². The van der Waals surface area contributed by atoms with Crippen LogP contribution in [0.4, 0.5) is 0 Å². The minimum atomic E-state index is -0.350. The summed E-state index contributed by atoms with van der Waals surface area (Å²) in [5.74, 6) is 0.166. The molecule has 0 radical (unpaired) electrons. The third-order valence-corrected chi connectivity index (χ3v) is 3.69. The lowest BCUT2D eigenvalue weighted by Crippen LogP contribution is -2.45. The maximum absolute atomic E-state index is 11.3. The number of ether oxygens (including phenoxy) is 1. The van der Waals surface area contributed by atoms with E-state index in [1.54, 1.807) is 12.3 Å².